The Morgan fingerprint density at radius 2 is 1.95 bits per heavy atom. The van der Waals surface area contributed by atoms with Gasteiger partial charge in [-0.05, 0) is 43.0 Å². The molecule has 0 aliphatic carbocycles. The van der Waals surface area contributed by atoms with Crippen LogP contribution in [0.5, 0.6) is 0 Å². The van der Waals surface area contributed by atoms with Gasteiger partial charge in [-0.15, -0.1) is 0 Å². The Labute approximate surface area is 127 Å². The number of ketones is 1. The first kappa shape index (κ1) is 14.9. The van der Waals surface area contributed by atoms with Crippen molar-refractivity contribution >= 4 is 21.7 Å². The van der Waals surface area contributed by atoms with E-state index in [1.807, 2.05) is 48.5 Å². The fourth-order valence-corrected chi connectivity index (χ4v) is 2.67. The Morgan fingerprint density at radius 3 is 2.65 bits per heavy atom. The second-order valence-electron chi connectivity index (χ2n) is 4.82. The summed E-state index contributed by atoms with van der Waals surface area (Å²) in [5.41, 5.74) is 2.63. The number of rotatable bonds is 5. The number of aliphatic hydroxyl groups is 1. The number of carbonyl (C=O) groups is 1. The van der Waals surface area contributed by atoms with Crippen LogP contribution in [0.15, 0.2) is 53.0 Å². The molecule has 0 saturated heterocycles. The summed E-state index contributed by atoms with van der Waals surface area (Å²) in [5, 5.41) is 10.2. The highest BCUT2D eigenvalue weighted by Gasteiger charge is 2.11. The molecule has 2 aromatic carbocycles. The average molecular weight is 333 g/mol. The molecule has 2 rings (SSSR count). The molecule has 0 heterocycles. The molecule has 0 unspecified atom stereocenters. The van der Waals surface area contributed by atoms with Crippen LogP contribution in [0.2, 0.25) is 0 Å². The summed E-state index contributed by atoms with van der Waals surface area (Å²) >= 11 is 3.40. The molecule has 3 heteroatoms. The number of aryl methyl sites for hydroxylation is 1. The highest BCUT2D eigenvalue weighted by atomic mass is 79.9. The standard InChI is InChI=1S/C17H17BrO2/c1-12(19)16-8-3-2-5-13(16)9-10-17(20)14-6-4-7-15(18)11-14/h2-8,11,17,20H,9-10H2,1H3/t17-/m0/s1. The van der Waals surface area contributed by atoms with E-state index < -0.39 is 6.10 Å². The lowest BCUT2D eigenvalue weighted by atomic mass is 9.97. The van der Waals surface area contributed by atoms with Gasteiger partial charge in [-0.25, -0.2) is 0 Å². The lowest BCUT2D eigenvalue weighted by Gasteiger charge is -2.12. The number of hydrogen-bond acceptors (Lipinski definition) is 2. The molecule has 0 spiro atoms. The van der Waals surface area contributed by atoms with Crippen molar-refractivity contribution < 1.29 is 9.90 Å². The Bertz CT molecular complexity index is 607. The van der Waals surface area contributed by atoms with Gasteiger partial charge in [-0.1, -0.05) is 52.3 Å². The van der Waals surface area contributed by atoms with E-state index in [2.05, 4.69) is 15.9 Å². The number of hydrogen-bond donors (Lipinski definition) is 1. The minimum absolute atomic E-state index is 0.0672. The van der Waals surface area contributed by atoms with E-state index in [9.17, 15) is 9.90 Å². The Kier molecular flexibility index (Phi) is 5.10. The van der Waals surface area contributed by atoms with Crippen molar-refractivity contribution in [1.82, 2.24) is 0 Å². The maximum Gasteiger partial charge on any atom is 0.160 e. The molecular weight excluding hydrogens is 316 g/mol. The highest BCUT2D eigenvalue weighted by Crippen LogP contribution is 2.23. The molecule has 2 aromatic rings. The Hall–Kier alpha value is -1.45. The van der Waals surface area contributed by atoms with Gasteiger partial charge >= 0.3 is 0 Å². The lowest BCUT2D eigenvalue weighted by Crippen LogP contribution is -2.03. The smallest absolute Gasteiger partial charge is 0.160 e. The van der Waals surface area contributed by atoms with Crippen molar-refractivity contribution in [3.63, 3.8) is 0 Å². The van der Waals surface area contributed by atoms with Crippen molar-refractivity contribution in [2.45, 2.75) is 25.9 Å². The van der Waals surface area contributed by atoms with Crippen molar-refractivity contribution in [3.8, 4) is 0 Å². The van der Waals surface area contributed by atoms with Crippen LogP contribution in [0.4, 0.5) is 0 Å². The monoisotopic (exact) mass is 332 g/mol. The van der Waals surface area contributed by atoms with Crippen LogP contribution in [0.3, 0.4) is 0 Å². The fourth-order valence-electron chi connectivity index (χ4n) is 2.25. The maximum absolute atomic E-state index is 11.6. The highest BCUT2D eigenvalue weighted by molar-refractivity contribution is 9.10. The zero-order valence-electron chi connectivity index (χ0n) is 11.3. The molecule has 104 valence electrons. The van der Waals surface area contributed by atoms with Gasteiger partial charge in [-0.2, -0.15) is 0 Å². The molecular formula is C17H17BrO2. The average Bonchev–Trinajstić information content (AvgIpc) is 2.45. The SMILES string of the molecule is CC(=O)c1ccccc1CC[C@H](O)c1cccc(Br)c1. The minimum atomic E-state index is -0.521. The van der Waals surface area contributed by atoms with Crippen LogP contribution in [0, 0.1) is 0 Å². The molecule has 0 aliphatic rings. The predicted octanol–water partition coefficient (Wildman–Crippen LogP) is 4.32. The zero-order valence-corrected chi connectivity index (χ0v) is 12.9. The van der Waals surface area contributed by atoms with E-state index in [4.69, 9.17) is 0 Å². The molecule has 20 heavy (non-hydrogen) atoms. The van der Waals surface area contributed by atoms with Gasteiger partial charge in [0, 0.05) is 10.0 Å². The largest absolute Gasteiger partial charge is 0.388 e. The van der Waals surface area contributed by atoms with Crippen molar-refractivity contribution in [2.24, 2.45) is 0 Å². The summed E-state index contributed by atoms with van der Waals surface area (Å²) in [6, 6.07) is 15.2. The van der Waals surface area contributed by atoms with Gasteiger partial charge in [0.15, 0.2) is 5.78 Å². The Morgan fingerprint density at radius 1 is 1.20 bits per heavy atom. The molecule has 0 saturated carbocycles. The summed E-state index contributed by atoms with van der Waals surface area (Å²) < 4.78 is 0.957. The predicted molar refractivity (Wildman–Crippen MR) is 83.9 cm³/mol. The Balaban J connectivity index is 2.07. The van der Waals surface area contributed by atoms with Crippen LogP contribution in [-0.4, -0.2) is 10.9 Å². The zero-order chi connectivity index (χ0) is 14.5. The van der Waals surface area contributed by atoms with Crippen LogP contribution in [0.25, 0.3) is 0 Å². The molecule has 1 N–H and O–H groups in total. The summed E-state index contributed by atoms with van der Waals surface area (Å²) in [7, 11) is 0. The van der Waals surface area contributed by atoms with E-state index in [1.54, 1.807) is 6.92 Å². The second kappa shape index (κ2) is 6.82. The number of Topliss-reactive ketones (excluding diaryl/α,β-unsaturated/α-hetero) is 1. The van der Waals surface area contributed by atoms with Gasteiger partial charge in [0.2, 0.25) is 0 Å². The summed E-state index contributed by atoms with van der Waals surface area (Å²) in [4.78, 5) is 11.6. The van der Waals surface area contributed by atoms with Crippen LogP contribution >= 0.6 is 15.9 Å². The third kappa shape index (κ3) is 3.78. The molecule has 0 aromatic heterocycles. The maximum atomic E-state index is 11.6. The topological polar surface area (TPSA) is 37.3 Å². The van der Waals surface area contributed by atoms with Gasteiger partial charge in [0.05, 0.1) is 6.10 Å². The van der Waals surface area contributed by atoms with Crippen LogP contribution in [0.1, 0.15) is 40.9 Å². The van der Waals surface area contributed by atoms with Crippen molar-refractivity contribution in [2.75, 3.05) is 0 Å². The summed E-state index contributed by atoms with van der Waals surface area (Å²) in [6.45, 7) is 1.57. The van der Waals surface area contributed by atoms with Crippen LogP contribution in [-0.2, 0) is 6.42 Å². The van der Waals surface area contributed by atoms with Gasteiger partial charge in [0.1, 0.15) is 0 Å². The van der Waals surface area contributed by atoms with E-state index in [1.165, 1.54) is 0 Å². The van der Waals surface area contributed by atoms with E-state index in [-0.39, 0.29) is 5.78 Å². The lowest BCUT2D eigenvalue weighted by molar-refractivity contribution is 0.101. The first-order valence-corrected chi connectivity index (χ1v) is 7.39. The van der Waals surface area contributed by atoms with E-state index in [0.717, 1.165) is 21.2 Å². The minimum Gasteiger partial charge on any atom is -0.388 e. The first-order valence-electron chi connectivity index (χ1n) is 6.60. The molecule has 0 aliphatic heterocycles. The number of aliphatic hydroxyl groups excluding tert-OH is 1. The molecule has 1 atom stereocenters. The van der Waals surface area contributed by atoms with Gasteiger partial charge in [0.25, 0.3) is 0 Å². The van der Waals surface area contributed by atoms with Crippen molar-refractivity contribution in [3.05, 3.63) is 69.7 Å². The number of benzene rings is 2. The normalized spacial score (nSPS) is 12.2. The van der Waals surface area contributed by atoms with Gasteiger partial charge < -0.3 is 5.11 Å². The van der Waals surface area contributed by atoms with Crippen molar-refractivity contribution in [1.29, 1.82) is 0 Å². The second-order valence-corrected chi connectivity index (χ2v) is 5.74. The quantitative estimate of drug-likeness (QED) is 0.828. The summed E-state index contributed by atoms with van der Waals surface area (Å²) in [5.74, 6) is 0.0672. The fraction of sp³-hybridized carbons (Fsp3) is 0.235. The molecule has 2 nitrogen and oxygen atoms in total. The molecule has 0 fully saturated rings. The van der Waals surface area contributed by atoms with E-state index in [0.29, 0.717) is 12.8 Å². The van der Waals surface area contributed by atoms with Gasteiger partial charge in [-0.3, -0.25) is 4.79 Å². The van der Waals surface area contributed by atoms with E-state index >= 15 is 0 Å². The first-order chi connectivity index (χ1) is 9.58. The number of carbonyl (C=O) groups excluding carboxylic acids is 1. The third-order valence-corrected chi connectivity index (χ3v) is 3.81. The van der Waals surface area contributed by atoms with Crippen LogP contribution < -0.4 is 0 Å². The molecule has 0 bridgehead atoms. The molecule has 0 radical (unpaired) electrons. The third-order valence-electron chi connectivity index (χ3n) is 3.32. The number of halogens is 1. The molecule has 0 amide bonds. The summed E-state index contributed by atoms with van der Waals surface area (Å²) in [6.07, 6.45) is 0.761.